The summed E-state index contributed by atoms with van der Waals surface area (Å²) >= 11 is 1.36. The average Bonchev–Trinajstić information content (AvgIpc) is 2.97. The van der Waals surface area contributed by atoms with E-state index in [0.29, 0.717) is 4.88 Å². The van der Waals surface area contributed by atoms with E-state index >= 15 is 0 Å². The van der Waals surface area contributed by atoms with Gasteiger partial charge in [0.25, 0.3) is 5.91 Å². The number of carbonyl (C=O) groups is 2. The molecule has 0 saturated heterocycles. The van der Waals surface area contributed by atoms with Crippen LogP contribution in [0, 0.1) is 30.1 Å². The molecule has 4 bridgehead atoms. The fourth-order valence-corrected chi connectivity index (χ4v) is 6.74. The molecule has 4 aliphatic rings. The van der Waals surface area contributed by atoms with Gasteiger partial charge in [-0.25, -0.2) is 4.79 Å². The molecule has 4 fully saturated rings. The zero-order valence-electron chi connectivity index (χ0n) is 15.0. The van der Waals surface area contributed by atoms with Crippen molar-refractivity contribution in [2.24, 2.45) is 23.2 Å². The molecule has 4 saturated carbocycles. The first-order valence-electron chi connectivity index (χ1n) is 9.46. The second-order valence-corrected chi connectivity index (χ2v) is 9.49. The number of thiophene rings is 1. The van der Waals surface area contributed by atoms with E-state index in [-0.39, 0.29) is 24.0 Å². The largest absolute Gasteiger partial charge is 0.451 e. The molecular weight excluding hydrogens is 334 g/mol. The van der Waals surface area contributed by atoms with Crippen molar-refractivity contribution in [3.05, 3.63) is 21.9 Å². The molecule has 1 aromatic rings. The van der Waals surface area contributed by atoms with Crippen LogP contribution in [-0.4, -0.2) is 24.5 Å². The molecule has 25 heavy (non-hydrogen) atoms. The van der Waals surface area contributed by atoms with Crippen LogP contribution >= 0.6 is 11.3 Å². The van der Waals surface area contributed by atoms with Crippen molar-refractivity contribution < 1.29 is 14.3 Å². The van der Waals surface area contributed by atoms with Crippen LogP contribution in [0.2, 0.25) is 0 Å². The molecule has 136 valence electrons. The lowest BCUT2D eigenvalue weighted by molar-refractivity contribution is -0.128. The molecule has 1 N–H and O–H groups in total. The molecular formula is C20H27NO3S. The number of rotatable bonds is 5. The molecule has 1 heterocycles. The first-order chi connectivity index (χ1) is 11.9. The highest BCUT2D eigenvalue weighted by Crippen LogP contribution is 2.61. The van der Waals surface area contributed by atoms with Crippen LogP contribution in [-0.2, 0) is 9.53 Å². The lowest BCUT2D eigenvalue weighted by atomic mass is 9.48. The van der Waals surface area contributed by atoms with Crippen molar-refractivity contribution in [3.8, 4) is 0 Å². The molecule has 4 nitrogen and oxygen atoms in total. The number of amides is 1. The number of ether oxygens (including phenoxy) is 1. The quantitative estimate of drug-likeness (QED) is 0.809. The Bertz CT molecular complexity index is 645. The predicted octanol–water partition coefficient (Wildman–Crippen LogP) is 3.93. The molecule has 0 aliphatic heterocycles. The molecule has 5 heteroatoms. The minimum atomic E-state index is -0.398. The monoisotopic (exact) mass is 361 g/mol. The minimum Gasteiger partial charge on any atom is -0.451 e. The van der Waals surface area contributed by atoms with E-state index in [1.54, 1.807) is 0 Å². The Morgan fingerprint density at radius 1 is 1.24 bits per heavy atom. The predicted molar refractivity (Wildman–Crippen MR) is 97.5 cm³/mol. The van der Waals surface area contributed by atoms with Crippen LogP contribution in [0.25, 0.3) is 0 Å². The van der Waals surface area contributed by atoms with Gasteiger partial charge in [0.05, 0.1) is 0 Å². The number of nitrogens with one attached hydrogen (secondary N) is 1. The maximum Gasteiger partial charge on any atom is 0.349 e. The Balaban J connectivity index is 1.32. The number of hydrogen-bond acceptors (Lipinski definition) is 4. The van der Waals surface area contributed by atoms with Crippen LogP contribution in [0.3, 0.4) is 0 Å². The van der Waals surface area contributed by atoms with Gasteiger partial charge in [-0.1, -0.05) is 0 Å². The first-order valence-corrected chi connectivity index (χ1v) is 10.3. The van der Waals surface area contributed by atoms with Gasteiger partial charge >= 0.3 is 5.97 Å². The Morgan fingerprint density at radius 3 is 2.36 bits per heavy atom. The van der Waals surface area contributed by atoms with Crippen molar-refractivity contribution >= 4 is 23.2 Å². The van der Waals surface area contributed by atoms with Gasteiger partial charge in [0, 0.05) is 6.04 Å². The summed E-state index contributed by atoms with van der Waals surface area (Å²) in [5.74, 6) is 2.02. The summed E-state index contributed by atoms with van der Waals surface area (Å²) in [4.78, 5) is 25.0. The molecule has 5 rings (SSSR count). The second kappa shape index (κ2) is 6.42. The molecule has 4 aliphatic carbocycles. The topological polar surface area (TPSA) is 55.4 Å². The zero-order valence-corrected chi connectivity index (χ0v) is 15.9. The van der Waals surface area contributed by atoms with E-state index in [0.717, 1.165) is 23.3 Å². The Kier molecular flexibility index (Phi) is 4.38. The van der Waals surface area contributed by atoms with Gasteiger partial charge in [0.15, 0.2) is 6.61 Å². The SMILES string of the molecule is Cc1ccsc1C(=O)OCC(=O)NC(C)C12CC3CC(CC(C3)C1)C2. The van der Waals surface area contributed by atoms with Gasteiger partial charge in [-0.15, -0.1) is 11.3 Å². The highest BCUT2D eigenvalue weighted by molar-refractivity contribution is 7.12. The molecule has 1 amide bonds. The Labute approximate surface area is 153 Å². The number of aryl methyl sites for hydroxylation is 1. The van der Waals surface area contributed by atoms with Crippen molar-refractivity contribution in [3.63, 3.8) is 0 Å². The lowest BCUT2D eigenvalue weighted by Gasteiger charge is -2.59. The van der Waals surface area contributed by atoms with Crippen LogP contribution in [0.1, 0.15) is 60.7 Å². The summed E-state index contributed by atoms with van der Waals surface area (Å²) in [5, 5.41) is 5.00. The smallest absolute Gasteiger partial charge is 0.349 e. The standard InChI is InChI=1S/C20H27NO3S/c1-12-3-4-25-18(12)19(23)24-11-17(22)21-13(2)20-8-14-5-15(9-20)7-16(6-14)10-20/h3-4,13-16H,5-11H2,1-2H3,(H,21,22). The summed E-state index contributed by atoms with van der Waals surface area (Å²) in [6.07, 6.45) is 7.98. The minimum absolute atomic E-state index is 0.163. The number of hydrogen-bond donors (Lipinski definition) is 1. The number of carbonyl (C=O) groups excluding carboxylic acids is 2. The average molecular weight is 362 g/mol. The van der Waals surface area contributed by atoms with Crippen LogP contribution in [0.4, 0.5) is 0 Å². The van der Waals surface area contributed by atoms with Crippen molar-refractivity contribution in [2.45, 2.75) is 58.4 Å². The maximum atomic E-state index is 12.3. The molecule has 0 spiro atoms. The summed E-state index contributed by atoms with van der Waals surface area (Å²) in [6.45, 7) is 3.84. The molecule has 1 unspecified atom stereocenters. The number of esters is 1. The van der Waals surface area contributed by atoms with Gasteiger partial charge in [0.1, 0.15) is 4.88 Å². The van der Waals surface area contributed by atoms with Gasteiger partial charge in [-0.2, -0.15) is 0 Å². The van der Waals surface area contributed by atoms with E-state index in [1.165, 1.54) is 49.9 Å². The highest BCUT2D eigenvalue weighted by atomic mass is 32.1. The van der Waals surface area contributed by atoms with E-state index < -0.39 is 5.97 Å². The highest BCUT2D eigenvalue weighted by Gasteiger charge is 2.53. The van der Waals surface area contributed by atoms with E-state index in [4.69, 9.17) is 4.74 Å². The molecule has 0 aromatic carbocycles. The van der Waals surface area contributed by atoms with Gasteiger partial charge in [-0.3, -0.25) is 4.79 Å². The Hall–Kier alpha value is -1.36. The van der Waals surface area contributed by atoms with Crippen molar-refractivity contribution in [2.75, 3.05) is 6.61 Å². The maximum absolute atomic E-state index is 12.3. The molecule has 1 atom stereocenters. The third-order valence-corrected chi connectivity index (χ3v) is 7.76. The van der Waals surface area contributed by atoms with Crippen molar-refractivity contribution in [1.29, 1.82) is 0 Å². The van der Waals surface area contributed by atoms with Crippen LogP contribution in [0.15, 0.2) is 11.4 Å². The van der Waals surface area contributed by atoms with Gasteiger partial charge in [0.2, 0.25) is 0 Å². The molecule has 1 aromatic heterocycles. The summed E-state index contributed by atoms with van der Waals surface area (Å²) in [6, 6.07) is 2.05. The lowest BCUT2D eigenvalue weighted by Crippen LogP contribution is -2.56. The van der Waals surface area contributed by atoms with Crippen LogP contribution in [0.5, 0.6) is 0 Å². The summed E-state index contributed by atoms with van der Waals surface area (Å²) in [7, 11) is 0. The third kappa shape index (κ3) is 3.23. The second-order valence-electron chi connectivity index (χ2n) is 8.58. The normalized spacial score (nSPS) is 33.9. The van der Waals surface area contributed by atoms with Gasteiger partial charge in [-0.05, 0) is 92.6 Å². The first kappa shape index (κ1) is 17.1. The van der Waals surface area contributed by atoms with Crippen LogP contribution < -0.4 is 5.32 Å². The summed E-state index contributed by atoms with van der Waals surface area (Å²) < 4.78 is 5.21. The fraction of sp³-hybridized carbons (Fsp3) is 0.700. The van der Waals surface area contributed by atoms with Gasteiger partial charge < -0.3 is 10.1 Å². The fourth-order valence-electron chi connectivity index (χ4n) is 5.92. The van der Waals surface area contributed by atoms with E-state index in [2.05, 4.69) is 12.2 Å². The molecule has 0 radical (unpaired) electrons. The van der Waals surface area contributed by atoms with E-state index in [9.17, 15) is 9.59 Å². The third-order valence-electron chi connectivity index (χ3n) is 6.76. The van der Waals surface area contributed by atoms with E-state index in [1.807, 2.05) is 18.4 Å². The van der Waals surface area contributed by atoms with Crippen molar-refractivity contribution in [1.82, 2.24) is 5.32 Å². The summed E-state index contributed by atoms with van der Waals surface area (Å²) in [5.41, 5.74) is 1.18. The Morgan fingerprint density at radius 2 is 1.84 bits per heavy atom. The zero-order chi connectivity index (χ0) is 17.6.